The van der Waals surface area contributed by atoms with Crippen molar-refractivity contribution in [3.63, 3.8) is 0 Å². The lowest BCUT2D eigenvalue weighted by atomic mass is 10.1. The lowest BCUT2D eigenvalue weighted by Gasteiger charge is -2.13. The van der Waals surface area contributed by atoms with E-state index in [2.05, 4.69) is 20.7 Å². The fraction of sp³-hybridized carbons (Fsp3) is 0.217. The van der Waals surface area contributed by atoms with Crippen LogP contribution in [0.5, 0.6) is 5.75 Å². The maximum absolute atomic E-state index is 12.4. The molecule has 0 saturated carbocycles. The number of nitrogens with one attached hydrogen (secondary N) is 2. The Morgan fingerprint density at radius 1 is 1.03 bits per heavy atom. The number of benzene rings is 2. The number of carbonyl (C=O) groups excluding carboxylic acids is 2. The van der Waals surface area contributed by atoms with Crippen LogP contribution in [-0.2, 0) is 9.59 Å². The van der Waals surface area contributed by atoms with Crippen LogP contribution in [0, 0.1) is 20.8 Å². The zero-order valence-electron chi connectivity index (χ0n) is 18.2. The van der Waals surface area contributed by atoms with Crippen LogP contribution in [0.3, 0.4) is 0 Å². The van der Waals surface area contributed by atoms with Gasteiger partial charge in [0, 0.05) is 23.6 Å². The van der Waals surface area contributed by atoms with Crippen LogP contribution in [0.25, 0.3) is 16.2 Å². The maximum Gasteiger partial charge on any atom is 0.264 e. The third-order valence-electron chi connectivity index (χ3n) is 5.06. The first-order chi connectivity index (χ1) is 15.3. The summed E-state index contributed by atoms with van der Waals surface area (Å²) in [5, 5.41) is 11.8. The molecule has 0 aliphatic heterocycles. The molecule has 0 aliphatic carbocycles. The topological polar surface area (TPSA) is 97.6 Å². The van der Waals surface area contributed by atoms with Gasteiger partial charge in [-0.15, -0.1) is 16.4 Å². The van der Waals surface area contributed by atoms with Crippen molar-refractivity contribution in [3.05, 3.63) is 58.5 Å². The molecule has 9 heteroatoms. The Labute approximate surface area is 189 Å². The molecule has 2 N–H and O–H groups in total. The van der Waals surface area contributed by atoms with Crippen molar-refractivity contribution >= 4 is 39.7 Å². The molecular formula is C23H23N5O3S. The summed E-state index contributed by atoms with van der Waals surface area (Å²) in [6, 6.07) is 11.5. The number of nitrogens with zero attached hydrogens (tertiary/aromatic N) is 3. The predicted molar refractivity (Wildman–Crippen MR) is 125 cm³/mol. The van der Waals surface area contributed by atoms with E-state index in [0.29, 0.717) is 4.96 Å². The van der Waals surface area contributed by atoms with Crippen molar-refractivity contribution in [1.29, 1.82) is 0 Å². The largest absolute Gasteiger partial charge is 0.483 e. The minimum atomic E-state index is -0.329. The molecule has 0 spiro atoms. The minimum Gasteiger partial charge on any atom is -0.483 e. The third kappa shape index (κ3) is 4.47. The second-order valence-electron chi connectivity index (χ2n) is 7.50. The van der Waals surface area contributed by atoms with E-state index < -0.39 is 0 Å². The molecule has 4 aromatic rings. The number of aryl methyl sites for hydroxylation is 2. The lowest BCUT2D eigenvalue weighted by molar-refractivity contribution is -0.118. The lowest BCUT2D eigenvalue weighted by Crippen LogP contribution is -2.21. The van der Waals surface area contributed by atoms with E-state index in [-0.39, 0.29) is 24.4 Å². The van der Waals surface area contributed by atoms with Crippen molar-refractivity contribution in [2.75, 3.05) is 17.2 Å². The summed E-state index contributed by atoms with van der Waals surface area (Å²) in [5.74, 6) is 0.497. The van der Waals surface area contributed by atoms with Crippen LogP contribution in [0.15, 0.2) is 41.8 Å². The van der Waals surface area contributed by atoms with Gasteiger partial charge in [-0.05, 0) is 49.6 Å². The second kappa shape index (κ2) is 8.80. The number of carbonyl (C=O) groups is 2. The Morgan fingerprint density at radius 2 is 1.75 bits per heavy atom. The first-order valence-corrected chi connectivity index (χ1v) is 10.9. The highest BCUT2D eigenvalue weighted by atomic mass is 32.1. The standard InChI is InChI=1S/C23H23N5O3S/c1-13-5-6-14(2)21(15(13)3)31-11-20(30)25-22-26-23-28(27-22)19(12-32-23)17-7-9-18(10-8-17)24-16(4)29/h5-10,12H,11H2,1-4H3,(H,24,29)(H,25,27,30). The molecular weight excluding hydrogens is 426 g/mol. The number of ether oxygens (including phenoxy) is 1. The molecule has 0 saturated heterocycles. The Balaban J connectivity index is 1.46. The Morgan fingerprint density at radius 3 is 2.47 bits per heavy atom. The predicted octanol–water partition coefficient (Wildman–Crippen LogP) is 4.36. The van der Waals surface area contributed by atoms with Crippen molar-refractivity contribution < 1.29 is 14.3 Å². The van der Waals surface area contributed by atoms with Crippen molar-refractivity contribution in [3.8, 4) is 17.0 Å². The van der Waals surface area contributed by atoms with Crippen LogP contribution >= 0.6 is 11.3 Å². The van der Waals surface area contributed by atoms with Crippen LogP contribution in [0.4, 0.5) is 11.6 Å². The highest BCUT2D eigenvalue weighted by Gasteiger charge is 2.15. The SMILES string of the molecule is CC(=O)Nc1ccc(-c2csc3nc(NC(=O)COc4c(C)ccc(C)c4C)nn23)cc1. The van der Waals surface area contributed by atoms with Crippen molar-refractivity contribution in [1.82, 2.24) is 14.6 Å². The van der Waals surface area contributed by atoms with Crippen LogP contribution < -0.4 is 15.4 Å². The average Bonchev–Trinajstić information content (AvgIpc) is 3.31. The summed E-state index contributed by atoms with van der Waals surface area (Å²) in [7, 11) is 0. The number of amides is 2. The molecule has 0 unspecified atom stereocenters. The van der Waals surface area contributed by atoms with Crippen molar-refractivity contribution in [2.24, 2.45) is 0 Å². The summed E-state index contributed by atoms with van der Waals surface area (Å²) in [5.41, 5.74) is 5.60. The van der Waals surface area contributed by atoms with Crippen LogP contribution in [-0.4, -0.2) is 33.0 Å². The van der Waals surface area contributed by atoms with Gasteiger partial charge < -0.3 is 10.1 Å². The zero-order valence-corrected chi connectivity index (χ0v) is 19.0. The molecule has 164 valence electrons. The van der Waals surface area contributed by atoms with Gasteiger partial charge in [0.25, 0.3) is 11.9 Å². The van der Waals surface area contributed by atoms with Gasteiger partial charge in [-0.3, -0.25) is 14.9 Å². The number of aromatic nitrogens is 3. The average molecular weight is 450 g/mol. The summed E-state index contributed by atoms with van der Waals surface area (Å²) in [6.07, 6.45) is 0. The van der Waals surface area contributed by atoms with Gasteiger partial charge >= 0.3 is 0 Å². The summed E-state index contributed by atoms with van der Waals surface area (Å²) in [6.45, 7) is 7.28. The number of hydrogen-bond donors (Lipinski definition) is 2. The number of thiazole rings is 1. The quantitative estimate of drug-likeness (QED) is 0.456. The van der Waals surface area contributed by atoms with Crippen LogP contribution in [0.1, 0.15) is 23.6 Å². The molecule has 2 aromatic heterocycles. The highest BCUT2D eigenvalue weighted by molar-refractivity contribution is 7.15. The van der Waals surface area contributed by atoms with Gasteiger partial charge in [0.1, 0.15) is 5.75 Å². The molecule has 0 radical (unpaired) electrons. The third-order valence-corrected chi connectivity index (χ3v) is 5.87. The Kier molecular flexibility index (Phi) is 5.91. The molecule has 0 bridgehead atoms. The Hall–Kier alpha value is -3.72. The number of rotatable bonds is 6. The van der Waals surface area contributed by atoms with E-state index in [1.54, 1.807) is 4.52 Å². The second-order valence-corrected chi connectivity index (χ2v) is 8.34. The smallest absolute Gasteiger partial charge is 0.264 e. The monoisotopic (exact) mass is 449 g/mol. The van der Waals surface area contributed by atoms with Gasteiger partial charge in [0.2, 0.25) is 10.9 Å². The maximum atomic E-state index is 12.4. The molecule has 4 rings (SSSR count). The molecule has 0 aliphatic rings. The first kappa shape index (κ1) is 21.5. The van der Waals surface area contributed by atoms with E-state index in [4.69, 9.17) is 4.74 Å². The normalized spacial score (nSPS) is 10.9. The van der Waals surface area contributed by atoms with E-state index in [9.17, 15) is 9.59 Å². The molecule has 0 fully saturated rings. The fourth-order valence-corrected chi connectivity index (χ4v) is 4.14. The molecule has 2 aromatic carbocycles. The van der Waals surface area contributed by atoms with E-state index in [0.717, 1.165) is 39.4 Å². The summed E-state index contributed by atoms with van der Waals surface area (Å²) < 4.78 is 7.45. The first-order valence-electron chi connectivity index (χ1n) is 10.0. The van der Waals surface area contributed by atoms with E-state index in [1.807, 2.05) is 62.5 Å². The number of fused-ring (bicyclic) bond motifs is 1. The Bertz CT molecular complexity index is 1310. The van der Waals surface area contributed by atoms with Gasteiger partial charge in [0.05, 0.1) is 5.69 Å². The molecule has 2 amide bonds. The molecule has 8 nitrogen and oxygen atoms in total. The van der Waals surface area contributed by atoms with Crippen LogP contribution in [0.2, 0.25) is 0 Å². The summed E-state index contributed by atoms with van der Waals surface area (Å²) >= 11 is 1.42. The number of anilines is 2. The van der Waals surface area contributed by atoms with Gasteiger partial charge in [0.15, 0.2) is 6.61 Å². The number of hydrogen-bond acceptors (Lipinski definition) is 6. The minimum absolute atomic E-state index is 0.121. The zero-order chi connectivity index (χ0) is 22.8. The fourth-order valence-electron chi connectivity index (χ4n) is 3.31. The van der Waals surface area contributed by atoms with Gasteiger partial charge in [-0.25, -0.2) is 4.52 Å². The van der Waals surface area contributed by atoms with Crippen molar-refractivity contribution in [2.45, 2.75) is 27.7 Å². The van der Waals surface area contributed by atoms with Gasteiger partial charge in [-0.1, -0.05) is 24.3 Å². The molecule has 0 atom stereocenters. The highest BCUT2D eigenvalue weighted by Crippen LogP contribution is 2.28. The van der Waals surface area contributed by atoms with E-state index >= 15 is 0 Å². The molecule has 32 heavy (non-hydrogen) atoms. The van der Waals surface area contributed by atoms with E-state index in [1.165, 1.54) is 18.3 Å². The molecule has 2 heterocycles. The summed E-state index contributed by atoms with van der Waals surface area (Å²) in [4.78, 5) is 28.7. The van der Waals surface area contributed by atoms with Gasteiger partial charge in [-0.2, -0.15) is 4.98 Å².